The molecule has 1 atom stereocenters. The summed E-state index contributed by atoms with van der Waals surface area (Å²) in [7, 11) is 0. The summed E-state index contributed by atoms with van der Waals surface area (Å²) in [6.07, 6.45) is 1.01. The number of piperazine rings is 1. The van der Waals surface area contributed by atoms with Crippen molar-refractivity contribution < 1.29 is 23.7 Å². The Morgan fingerprint density at radius 3 is 2.75 bits per heavy atom. The Balaban J connectivity index is 1.28. The van der Waals surface area contributed by atoms with Gasteiger partial charge < -0.3 is 19.9 Å². The summed E-state index contributed by atoms with van der Waals surface area (Å²) in [4.78, 5) is 15.3. The molecule has 0 aliphatic carbocycles. The Hall–Kier alpha value is -2.44. The van der Waals surface area contributed by atoms with E-state index in [9.17, 15) is 9.18 Å². The molecule has 0 aromatic heterocycles. The minimum absolute atomic E-state index is 0.123. The van der Waals surface area contributed by atoms with E-state index in [1.807, 2.05) is 6.92 Å². The quantitative estimate of drug-likeness (QED) is 0.682. The van der Waals surface area contributed by atoms with Crippen molar-refractivity contribution in [2.45, 2.75) is 25.9 Å². The molecule has 28 heavy (non-hydrogen) atoms. The number of quaternary nitrogens is 2. The number of amides is 1. The number of rotatable bonds is 5. The minimum atomic E-state index is -0.396. The number of hydrogen-bond acceptors (Lipinski definition) is 2. The van der Waals surface area contributed by atoms with Gasteiger partial charge in [0, 0.05) is 12.0 Å². The molecule has 2 aromatic rings. The van der Waals surface area contributed by atoms with Gasteiger partial charge in [-0.3, -0.25) is 4.79 Å². The lowest BCUT2D eigenvalue weighted by Crippen LogP contribution is -3.29. The molecule has 2 aromatic carbocycles. The summed E-state index contributed by atoms with van der Waals surface area (Å²) >= 11 is 0. The van der Waals surface area contributed by atoms with Crippen LogP contribution in [0, 0.1) is 5.82 Å². The monoisotopic (exact) mass is 385 g/mol. The van der Waals surface area contributed by atoms with Gasteiger partial charge >= 0.3 is 0 Å². The Kier molecular flexibility index (Phi) is 5.59. The Labute approximate surface area is 165 Å². The maximum atomic E-state index is 13.8. The first-order chi connectivity index (χ1) is 13.6. The van der Waals surface area contributed by atoms with Gasteiger partial charge in [-0.05, 0) is 42.8 Å². The third kappa shape index (κ3) is 4.18. The molecule has 0 radical (unpaired) electrons. The molecule has 0 unspecified atom stereocenters. The molecule has 1 saturated heterocycles. The second-order valence-corrected chi connectivity index (χ2v) is 7.82. The van der Waals surface area contributed by atoms with E-state index in [0.717, 1.165) is 51.5 Å². The van der Waals surface area contributed by atoms with Crippen LogP contribution in [0.5, 0.6) is 5.75 Å². The van der Waals surface area contributed by atoms with E-state index < -0.39 is 5.82 Å². The molecule has 148 valence electrons. The highest BCUT2D eigenvalue weighted by Gasteiger charge is 2.31. The van der Waals surface area contributed by atoms with Gasteiger partial charge in [0.25, 0.3) is 5.91 Å². The van der Waals surface area contributed by atoms with Gasteiger partial charge in [0.1, 0.15) is 44.3 Å². The fraction of sp³-hybridized carbons (Fsp3) is 0.409. The highest BCUT2D eigenvalue weighted by Crippen LogP contribution is 2.25. The van der Waals surface area contributed by atoms with E-state index in [0.29, 0.717) is 0 Å². The van der Waals surface area contributed by atoms with E-state index in [4.69, 9.17) is 4.74 Å². The Morgan fingerprint density at radius 2 is 1.96 bits per heavy atom. The van der Waals surface area contributed by atoms with E-state index in [2.05, 4.69) is 23.5 Å². The minimum Gasteiger partial charge on any atom is -0.493 e. The number of anilines is 1. The Bertz CT molecular complexity index is 849. The van der Waals surface area contributed by atoms with Crippen molar-refractivity contribution in [1.29, 1.82) is 0 Å². The molecule has 0 saturated carbocycles. The van der Waals surface area contributed by atoms with Crippen molar-refractivity contribution in [3.63, 3.8) is 0 Å². The number of benzene rings is 2. The van der Waals surface area contributed by atoms with Crippen LogP contribution in [-0.2, 0) is 17.8 Å². The topological polar surface area (TPSA) is 47.2 Å². The lowest BCUT2D eigenvalue weighted by molar-refractivity contribution is -1.02. The maximum absolute atomic E-state index is 13.8. The van der Waals surface area contributed by atoms with Crippen molar-refractivity contribution in [3.8, 4) is 5.75 Å². The van der Waals surface area contributed by atoms with E-state index in [-0.39, 0.29) is 17.6 Å². The van der Waals surface area contributed by atoms with Crippen LogP contribution in [0.15, 0.2) is 42.5 Å². The number of fused-ring (bicyclic) bond motifs is 1. The molecule has 2 aliphatic rings. The van der Waals surface area contributed by atoms with Gasteiger partial charge in [-0.15, -0.1) is 0 Å². The summed E-state index contributed by atoms with van der Waals surface area (Å²) in [5, 5.41) is 2.73. The van der Waals surface area contributed by atoms with Crippen LogP contribution < -0.4 is 19.9 Å². The van der Waals surface area contributed by atoms with Crippen LogP contribution in [0.2, 0.25) is 0 Å². The molecule has 2 aliphatic heterocycles. The van der Waals surface area contributed by atoms with Crippen LogP contribution in [0.25, 0.3) is 0 Å². The average molecular weight is 385 g/mol. The smallest absolute Gasteiger partial charge is 0.282 e. The number of ether oxygens (including phenoxy) is 1. The number of carbonyl (C=O) groups excluding carboxylic acids is 1. The van der Waals surface area contributed by atoms with Crippen LogP contribution in [0.3, 0.4) is 0 Å². The summed E-state index contributed by atoms with van der Waals surface area (Å²) in [5.41, 5.74) is 2.93. The number of nitrogens with one attached hydrogen (secondary N) is 3. The van der Waals surface area contributed by atoms with Gasteiger partial charge in [0.15, 0.2) is 6.04 Å². The zero-order valence-electron chi connectivity index (χ0n) is 16.3. The van der Waals surface area contributed by atoms with Crippen molar-refractivity contribution in [3.05, 3.63) is 59.4 Å². The molecule has 0 bridgehead atoms. The van der Waals surface area contributed by atoms with E-state index in [1.54, 1.807) is 23.1 Å². The predicted molar refractivity (Wildman–Crippen MR) is 105 cm³/mol. The van der Waals surface area contributed by atoms with Crippen molar-refractivity contribution >= 4 is 11.6 Å². The van der Waals surface area contributed by atoms with Crippen molar-refractivity contribution in [2.24, 2.45) is 0 Å². The van der Waals surface area contributed by atoms with Crippen LogP contribution >= 0.6 is 0 Å². The van der Waals surface area contributed by atoms with Crippen LogP contribution in [0.1, 0.15) is 18.1 Å². The lowest BCUT2D eigenvalue weighted by Gasteiger charge is -2.32. The molecule has 6 heteroatoms. The van der Waals surface area contributed by atoms with Gasteiger partial charge in [-0.25, -0.2) is 4.39 Å². The van der Waals surface area contributed by atoms with Gasteiger partial charge in [-0.1, -0.05) is 12.1 Å². The standard InChI is InChI=1S/C22H26FN3O2/c1-16(22(27)24-20-5-3-2-4-19(20)23)26-11-9-25(10-12-26)15-17-6-7-21-18(14-17)8-13-28-21/h2-7,14,16H,8-13,15H2,1H3,(H,24,27)/p+2/t16-/m1/s1. The number of para-hydroxylation sites is 1. The normalized spacial score (nSPS) is 22.2. The zero-order valence-corrected chi connectivity index (χ0v) is 16.3. The molecular formula is C22H28FN3O2+2. The number of carbonyl (C=O) groups is 1. The highest BCUT2D eigenvalue weighted by molar-refractivity contribution is 5.93. The third-order valence-electron chi connectivity index (χ3n) is 5.94. The zero-order chi connectivity index (χ0) is 19.5. The van der Waals surface area contributed by atoms with Crippen LogP contribution in [-0.4, -0.2) is 44.7 Å². The molecule has 1 amide bonds. The fourth-order valence-electron chi connectivity index (χ4n) is 4.16. The van der Waals surface area contributed by atoms with Crippen molar-refractivity contribution in [2.75, 3.05) is 38.1 Å². The molecule has 0 spiro atoms. The van der Waals surface area contributed by atoms with E-state index in [1.165, 1.54) is 22.1 Å². The average Bonchev–Trinajstić information content (AvgIpc) is 3.17. The first-order valence-corrected chi connectivity index (χ1v) is 10.1. The summed E-state index contributed by atoms with van der Waals surface area (Å²) in [6, 6.07) is 12.6. The van der Waals surface area contributed by atoms with Gasteiger partial charge in [0.05, 0.1) is 12.3 Å². The first kappa shape index (κ1) is 18.9. The summed E-state index contributed by atoms with van der Waals surface area (Å²) in [5.74, 6) is 0.511. The second-order valence-electron chi connectivity index (χ2n) is 7.82. The Morgan fingerprint density at radius 1 is 1.18 bits per heavy atom. The molecule has 5 nitrogen and oxygen atoms in total. The molecular weight excluding hydrogens is 357 g/mol. The predicted octanol–water partition coefficient (Wildman–Crippen LogP) is 0.0712. The number of hydrogen-bond donors (Lipinski definition) is 3. The second kappa shape index (κ2) is 8.29. The van der Waals surface area contributed by atoms with Crippen LogP contribution in [0.4, 0.5) is 10.1 Å². The summed E-state index contributed by atoms with van der Waals surface area (Å²) in [6.45, 7) is 7.67. The van der Waals surface area contributed by atoms with Gasteiger partial charge in [0.2, 0.25) is 0 Å². The fourth-order valence-corrected chi connectivity index (χ4v) is 4.16. The highest BCUT2D eigenvalue weighted by atomic mass is 19.1. The largest absolute Gasteiger partial charge is 0.493 e. The summed E-state index contributed by atoms with van der Waals surface area (Å²) < 4.78 is 19.3. The molecule has 2 heterocycles. The number of halogens is 1. The lowest BCUT2D eigenvalue weighted by atomic mass is 10.1. The molecule has 1 fully saturated rings. The molecule has 4 rings (SSSR count). The molecule has 3 N–H and O–H groups in total. The van der Waals surface area contributed by atoms with E-state index >= 15 is 0 Å². The third-order valence-corrected chi connectivity index (χ3v) is 5.94. The van der Waals surface area contributed by atoms with Gasteiger partial charge in [-0.2, -0.15) is 0 Å². The maximum Gasteiger partial charge on any atom is 0.282 e. The van der Waals surface area contributed by atoms with Crippen molar-refractivity contribution in [1.82, 2.24) is 0 Å². The first-order valence-electron chi connectivity index (χ1n) is 10.1. The SMILES string of the molecule is C[C@H](C(=O)Nc1ccccc1F)[NH+]1CC[NH+](Cc2ccc3c(c2)CCO3)CC1.